The summed E-state index contributed by atoms with van der Waals surface area (Å²) in [6.07, 6.45) is 5.02. The molecule has 1 saturated heterocycles. The van der Waals surface area contributed by atoms with E-state index < -0.39 is 22.0 Å². The summed E-state index contributed by atoms with van der Waals surface area (Å²) in [7, 11) is -3.71. The van der Waals surface area contributed by atoms with Crippen LogP contribution in [-0.4, -0.2) is 62.9 Å². The maximum Gasteiger partial charge on any atom is 0.251 e. The van der Waals surface area contributed by atoms with E-state index in [0.717, 1.165) is 5.92 Å². The van der Waals surface area contributed by atoms with E-state index in [2.05, 4.69) is 17.6 Å². The highest BCUT2D eigenvalue weighted by molar-refractivity contribution is 7.89. The van der Waals surface area contributed by atoms with E-state index >= 15 is 0 Å². The zero-order chi connectivity index (χ0) is 24.5. The molecule has 0 spiro atoms. The Morgan fingerprint density at radius 2 is 1.79 bits per heavy atom. The Bertz CT molecular complexity index is 1010. The minimum Gasteiger partial charge on any atom is -0.379 e. The Balaban J connectivity index is 1.42. The van der Waals surface area contributed by atoms with E-state index in [-0.39, 0.29) is 41.4 Å². The summed E-state index contributed by atoms with van der Waals surface area (Å²) in [5, 5.41) is 6.00. The minimum atomic E-state index is -3.71. The lowest BCUT2D eigenvalue weighted by atomic mass is 9.84. The average Bonchev–Trinajstić information content (AvgIpc) is 3.46. The van der Waals surface area contributed by atoms with Gasteiger partial charge in [0, 0.05) is 24.7 Å². The molecule has 0 radical (unpaired) electrons. The van der Waals surface area contributed by atoms with E-state index in [1.165, 1.54) is 42.1 Å². The number of sulfonamides is 1. The topological polar surface area (TPSA) is 105 Å². The van der Waals surface area contributed by atoms with Crippen molar-refractivity contribution in [2.45, 2.75) is 63.4 Å². The average molecular weight is 492 g/mol. The summed E-state index contributed by atoms with van der Waals surface area (Å²) in [5.74, 6) is 1.25. The first-order valence-electron chi connectivity index (χ1n) is 12.5. The predicted octanol–water partition coefficient (Wildman–Crippen LogP) is 2.40. The fraction of sp³-hybridized carbons (Fsp3) is 0.680. The third-order valence-corrected chi connectivity index (χ3v) is 9.64. The Hall–Kier alpha value is -1.97. The maximum atomic E-state index is 13.1. The van der Waals surface area contributed by atoms with Gasteiger partial charge in [-0.05, 0) is 68.1 Å². The number of amides is 2. The number of nitrogens with zero attached hydrogens (tertiary/aromatic N) is 1. The van der Waals surface area contributed by atoms with Crippen molar-refractivity contribution < 1.29 is 22.7 Å². The molecule has 1 heterocycles. The van der Waals surface area contributed by atoms with Gasteiger partial charge in [0.1, 0.15) is 6.04 Å². The van der Waals surface area contributed by atoms with E-state index in [1.807, 2.05) is 13.8 Å². The van der Waals surface area contributed by atoms with Gasteiger partial charge in [-0.2, -0.15) is 4.31 Å². The second kappa shape index (κ2) is 10.3. The molecule has 3 fully saturated rings. The highest BCUT2D eigenvalue weighted by Crippen LogP contribution is 2.49. The first-order valence-corrected chi connectivity index (χ1v) is 13.9. The number of morpholine rings is 1. The molecule has 1 aromatic rings. The first-order chi connectivity index (χ1) is 16.2. The van der Waals surface area contributed by atoms with Gasteiger partial charge in [-0.3, -0.25) is 9.59 Å². The van der Waals surface area contributed by atoms with Crippen molar-refractivity contribution >= 4 is 21.8 Å². The quantitative estimate of drug-likeness (QED) is 0.581. The normalized spacial score (nSPS) is 26.9. The summed E-state index contributed by atoms with van der Waals surface area (Å²) in [5.41, 5.74) is 0.217. The number of fused-ring (bicyclic) bond motifs is 2. The number of nitrogens with one attached hydrogen (secondary N) is 2. The molecule has 188 valence electrons. The molecule has 2 aliphatic carbocycles. The Kier molecular flexibility index (Phi) is 7.64. The molecule has 1 aromatic carbocycles. The highest BCUT2D eigenvalue weighted by atomic mass is 32.2. The summed E-state index contributed by atoms with van der Waals surface area (Å²) < 4.78 is 32.6. The number of benzene rings is 1. The molecule has 2 N–H and O–H groups in total. The van der Waals surface area contributed by atoms with Gasteiger partial charge in [0.05, 0.1) is 18.1 Å². The molecule has 5 atom stereocenters. The van der Waals surface area contributed by atoms with Crippen molar-refractivity contribution in [3.05, 3.63) is 29.8 Å². The minimum absolute atomic E-state index is 0.0671. The molecule has 9 heteroatoms. The molecule has 8 nitrogen and oxygen atoms in total. The van der Waals surface area contributed by atoms with Crippen LogP contribution >= 0.6 is 0 Å². The molecule has 3 aliphatic rings. The molecule has 1 aliphatic heterocycles. The number of rotatable bonds is 8. The molecular formula is C25H37N3O5S. The van der Waals surface area contributed by atoms with Gasteiger partial charge in [0.15, 0.2) is 0 Å². The van der Waals surface area contributed by atoms with Gasteiger partial charge >= 0.3 is 0 Å². The lowest BCUT2D eigenvalue weighted by Crippen LogP contribution is -2.53. The number of hydrogen-bond donors (Lipinski definition) is 2. The molecule has 2 saturated carbocycles. The molecule has 0 aromatic heterocycles. The standard InChI is InChI=1S/C25H37N3O5S/c1-16(2)23(25(30)26-17(3)22-14-18-7-8-19(22)13-18)27-24(29)20-5-4-6-21(15-20)34(31,32)28-9-11-33-12-10-28/h4-6,15-19,22-23H,7-14H2,1-3H3,(H,26,30)(H,27,29)/t17-,18-,19-,22-,23-/m0/s1. The fourth-order valence-electron chi connectivity index (χ4n) is 5.82. The molecular weight excluding hydrogens is 454 g/mol. The predicted molar refractivity (Wildman–Crippen MR) is 129 cm³/mol. The van der Waals surface area contributed by atoms with E-state index in [1.54, 1.807) is 12.1 Å². The molecule has 0 unspecified atom stereocenters. The zero-order valence-electron chi connectivity index (χ0n) is 20.3. The third kappa shape index (κ3) is 5.31. The van der Waals surface area contributed by atoms with Crippen LogP contribution < -0.4 is 10.6 Å². The van der Waals surface area contributed by atoms with Crippen molar-refractivity contribution in [3.8, 4) is 0 Å². The first kappa shape index (κ1) is 25.1. The van der Waals surface area contributed by atoms with Gasteiger partial charge < -0.3 is 15.4 Å². The number of hydrogen-bond acceptors (Lipinski definition) is 5. The zero-order valence-corrected chi connectivity index (χ0v) is 21.1. The Labute approximate surface area is 202 Å². The van der Waals surface area contributed by atoms with E-state index in [9.17, 15) is 18.0 Å². The lowest BCUT2D eigenvalue weighted by Gasteiger charge is -2.31. The highest BCUT2D eigenvalue weighted by Gasteiger charge is 2.42. The van der Waals surface area contributed by atoms with Gasteiger partial charge in [-0.25, -0.2) is 8.42 Å². The van der Waals surface area contributed by atoms with Crippen LogP contribution in [0.4, 0.5) is 0 Å². The van der Waals surface area contributed by atoms with Crippen molar-refractivity contribution in [1.29, 1.82) is 0 Å². The summed E-state index contributed by atoms with van der Waals surface area (Å²) in [6.45, 7) is 7.14. The molecule has 34 heavy (non-hydrogen) atoms. The summed E-state index contributed by atoms with van der Waals surface area (Å²) >= 11 is 0. The second-order valence-electron chi connectivity index (χ2n) is 10.4. The third-order valence-electron chi connectivity index (χ3n) is 7.74. The van der Waals surface area contributed by atoms with Gasteiger partial charge in [-0.1, -0.05) is 26.3 Å². The van der Waals surface area contributed by atoms with Crippen LogP contribution in [0.15, 0.2) is 29.2 Å². The van der Waals surface area contributed by atoms with Crippen LogP contribution in [0.5, 0.6) is 0 Å². The summed E-state index contributed by atoms with van der Waals surface area (Å²) in [4.78, 5) is 26.2. The van der Waals surface area contributed by atoms with E-state index in [4.69, 9.17) is 4.74 Å². The van der Waals surface area contributed by atoms with Crippen LogP contribution in [0.2, 0.25) is 0 Å². The smallest absolute Gasteiger partial charge is 0.251 e. The van der Waals surface area contributed by atoms with Crippen molar-refractivity contribution in [2.75, 3.05) is 26.3 Å². The van der Waals surface area contributed by atoms with Crippen molar-refractivity contribution in [1.82, 2.24) is 14.9 Å². The van der Waals surface area contributed by atoms with Crippen molar-refractivity contribution in [2.24, 2.45) is 23.7 Å². The van der Waals surface area contributed by atoms with Gasteiger partial charge in [0.25, 0.3) is 5.91 Å². The van der Waals surface area contributed by atoms with Crippen LogP contribution in [0.3, 0.4) is 0 Å². The molecule has 2 amide bonds. The summed E-state index contributed by atoms with van der Waals surface area (Å²) in [6, 6.07) is 5.37. The van der Waals surface area contributed by atoms with Crippen LogP contribution in [0.25, 0.3) is 0 Å². The number of ether oxygens (including phenoxy) is 1. The lowest BCUT2D eigenvalue weighted by molar-refractivity contribution is -0.125. The van der Waals surface area contributed by atoms with Gasteiger partial charge in [0.2, 0.25) is 15.9 Å². The monoisotopic (exact) mass is 491 g/mol. The largest absolute Gasteiger partial charge is 0.379 e. The van der Waals surface area contributed by atoms with E-state index in [0.29, 0.717) is 25.0 Å². The fourth-order valence-corrected chi connectivity index (χ4v) is 7.28. The second-order valence-corrected chi connectivity index (χ2v) is 12.3. The molecule has 2 bridgehead atoms. The van der Waals surface area contributed by atoms with Crippen LogP contribution in [0, 0.1) is 23.7 Å². The van der Waals surface area contributed by atoms with Crippen LogP contribution in [0.1, 0.15) is 56.8 Å². The van der Waals surface area contributed by atoms with Crippen molar-refractivity contribution in [3.63, 3.8) is 0 Å². The SMILES string of the molecule is CC(C)[C@H](NC(=O)c1cccc(S(=O)(=O)N2CCOCC2)c1)C(=O)N[C@@H](C)[C@@H]1C[C@H]2CC[C@H]1C2. The Morgan fingerprint density at radius 1 is 1.06 bits per heavy atom. The molecule has 4 rings (SSSR count). The maximum absolute atomic E-state index is 13.1. The number of carbonyl (C=O) groups excluding carboxylic acids is 2. The Morgan fingerprint density at radius 3 is 2.41 bits per heavy atom. The van der Waals surface area contributed by atoms with Gasteiger partial charge in [-0.15, -0.1) is 0 Å². The number of carbonyl (C=O) groups is 2. The van der Waals surface area contributed by atoms with Crippen LogP contribution in [-0.2, 0) is 19.6 Å².